The molecular weight excluding hydrogens is 392 g/mol. The van der Waals surface area contributed by atoms with Gasteiger partial charge in [0.15, 0.2) is 0 Å². The molecule has 0 radical (unpaired) electrons. The van der Waals surface area contributed by atoms with Crippen LogP contribution in [0.3, 0.4) is 0 Å². The van der Waals surface area contributed by atoms with Crippen molar-refractivity contribution in [3.8, 4) is 5.75 Å². The summed E-state index contributed by atoms with van der Waals surface area (Å²) in [6.45, 7) is 5.75. The summed E-state index contributed by atoms with van der Waals surface area (Å²) in [4.78, 5) is 28.0. The van der Waals surface area contributed by atoms with Crippen molar-refractivity contribution in [1.82, 2.24) is 14.7 Å². The molecule has 3 aliphatic heterocycles. The van der Waals surface area contributed by atoms with Gasteiger partial charge in [0.2, 0.25) is 0 Å². The summed E-state index contributed by atoms with van der Waals surface area (Å²) in [7, 11) is 1.56. The molecule has 1 fully saturated rings. The number of piperazine rings is 1. The van der Waals surface area contributed by atoms with E-state index in [2.05, 4.69) is 27.0 Å². The smallest absolute Gasteiger partial charge is 0.321 e. The number of nitrogens with zero attached hydrogens (tertiary/aromatic N) is 5. The van der Waals surface area contributed by atoms with Gasteiger partial charge in [0, 0.05) is 44.5 Å². The highest BCUT2D eigenvalue weighted by Gasteiger charge is 2.28. The average molecular weight is 417 g/mol. The van der Waals surface area contributed by atoms with Gasteiger partial charge in [-0.1, -0.05) is 18.5 Å². The van der Waals surface area contributed by atoms with Crippen LogP contribution in [0.4, 0.5) is 10.5 Å². The highest BCUT2D eigenvalue weighted by molar-refractivity contribution is 6.32. The Hall–Kier alpha value is -2.74. The molecule has 0 aromatic heterocycles. The van der Waals surface area contributed by atoms with E-state index >= 15 is 0 Å². The predicted molar refractivity (Wildman–Crippen MR) is 115 cm³/mol. The maximum Gasteiger partial charge on any atom is 0.321 e. The van der Waals surface area contributed by atoms with Gasteiger partial charge >= 0.3 is 6.03 Å². The van der Waals surface area contributed by atoms with E-state index in [1.165, 1.54) is 0 Å². The van der Waals surface area contributed by atoms with Gasteiger partial charge in [-0.25, -0.2) is 9.79 Å². The first kappa shape index (κ1) is 19.6. The van der Waals surface area contributed by atoms with Crippen LogP contribution in [0, 0.1) is 0 Å². The fraction of sp³-hybridized carbons (Fsp3) is 0.450. The van der Waals surface area contributed by atoms with E-state index in [0.717, 1.165) is 37.7 Å². The summed E-state index contributed by atoms with van der Waals surface area (Å²) in [5, 5.41) is 3.36. The van der Waals surface area contributed by atoms with Crippen LogP contribution < -0.4 is 10.1 Å². The number of amidine groups is 1. The van der Waals surface area contributed by atoms with Gasteiger partial charge in [0.05, 0.1) is 24.5 Å². The molecule has 3 heterocycles. The molecule has 1 saturated heterocycles. The molecule has 0 bridgehead atoms. The summed E-state index contributed by atoms with van der Waals surface area (Å²) in [5.74, 6) is 2.48. The lowest BCUT2D eigenvalue weighted by atomic mass is 10.2. The third-order valence-electron chi connectivity index (χ3n) is 5.37. The lowest BCUT2D eigenvalue weighted by Crippen LogP contribution is -2.49. The van der Waals surface area contributed by atoms with E-state index in [9.17, 15) is 4.79 Å². The van der Waals surface area contributed by atoms with Gasteiger partial charge in [-0.2, -0.15) is 0 Å². The van der Waals surface area contributed by atoms with Crippen LogP contribution in [-0.4, -0.2) is 78.8 Å². The highest BCUT2D eigenvalue weighted by atomic mass is 35.5. The van der Waals surface area contributed by atoms with Crippen molar-refractivity contribution >= 4 is 35.5 Å². The Morgan fingerprint density at radius 3 is 2.79 bits per heavy atom. The van der Waals surface area contributed by atoms with Crippen LogP contribution in [-0.2, 0) is 0 Å². The van der Waals surface area contributed by atoms with E-state index in [0.29, 0.717) is 35.6 Å². The van der Waals surface area contributed by atoms with Gasteiger partial charge in [-0.05, 0) is 24.6 Å². The van der Waals surface area contributed by atoms with Gasteiger partial charge < -0.3 is 24.8 Å². The molecule has 8 nitrogen and oxygen atoms in total. The number of hydrogen-bond donors (Lipinski definition) is 1. The van der Waals surface area contributed by atoms with Crippen LogP contribution >= 0.6 is 11.6 Å². The van der Waals surface area contributed by atoms with Crippen molar-refractivity contribution < 1.29 is 9.53 Å². The van der Waals surface area contributed by atoms with Crippen molar-refractivity contribution in [2.75, 3.05) is 45.2 Å². The Kier molecular flexibility index (Phi) is 5.62. The fourth-order valence-corrected chi connectivity index (χ4v) is 3.87. The molecule has 2 amide bonds. The van der Waals surface area contributed by atoms with Crippen molar-refractivity contribution in [2.24, 2.45) is 9.98 Å². The maximum absolute atomic E-state index is 12.6. The molecule has 1 atom stereocenters. The van der Waals surface area contributed by atoms with E-state index < -0.39 is 0 Å². The number of ether oxygens (including phenoxy) is 1. The van der Waals surface area contributed by atoms with E-state index in [-0.39, 0.29) is 6.03 Å². The number of aliphatic imine (C=N–C) groups is 2. The SMILES string of the molecule is CC[C@H]1CN2C=NC(N3CCN(C(=O)Nc4ccc(OC)c(Cl)c4)CC3)=CC2=N1. The Morgan fingerprint density at radius 1 is 1.31 bits per heavy atom. The summed E-state index contributed by atoms with van der Waals surface area (Å²) >= 11 is 6.13. The van der Waals surface area contributed by atoms with Crippen LogP contribution in [0.5, 0.6) is 5.75 Å². The number of amides is 2. The minimum atomic E-state index is -0.135. The quantitative estimate of drug-likeness (QED) is 0.819. The summed E-state index contributed by atoms with van der Waals surface area (Å²) in [6, 6.07) is 5.41. The third kappa shape index (κ3) is 4.17. The van der Waals surface area contributed by atoms with Gasteiger partial charge in [-0.3, -0.25) is 4.99 Å². The first-order valence-electron chi connectivity index (χ1n) is 9.82. The number of nitrogens with one attached hydrogen (secondary N) is 1. The summed E-state index contributed by atoms with van der Waals surface area (Å²) in [5.41, 5.74) is 0.646. The molecule has 0 aliphatic carbocycles. The topological polar surface area (TPSA) is 72.8 Å². The van der Waals surface area contributed by atoms with E-state index in [1.54, 1.807) is 30.2 Å². The molecular formula is C20H25ClN6O2. The zero-order valence-electron chi connectivity index (χ0n) is 16.6. The maximum atomic E-state index is 12.6. The Bertz CT molecular complexity index is 876. The lowest BCUT2D eigenvalue weighted by Gasteiger charge is -2.36. The standard InChI is InChI=1S/C20H25ClN6O2/c1-3-14-12-27-13-22-18(11-19(27)23-14)25-6-8-26(9-7-25)20(28)24-15-4-5-17(29-2)16(21)10-15/h4-5,10-11,13-14H,3,6-9,12H2,1-2H3,(H,24,28)/t14-/m0/s1. The number of halogens is 1. The summed E-state index contributed by atoms with van der Waals surface area (Å²) < 4.78 is 5.14. The highest BCUT2D eigenvalue weighted by Crippen LogP contribution is 2.27. The van der Waals surface area contributed by atoms with E-state index in [1.807, 2.05) is 12.4 Å². The fourth-order valence-electron chi connectivity index (χ4n) is 3.61. The number of methoxy groups -OCH3 is 1. The van der Waals surface area contributed by atoms with Crippen LogP contribution in [0.2, 0.25) is 5.02 Å². The first-order valence-corrected chi connectivity index (χ1v) is 10.2. The number of urea groups is 1. The molecule has 1 aromatic carbocycles. The number of carbonyl (C=O) groups excluding carboxylic acids is 1. The van der Waals surface area contributed by atoms with Crippen molar-refractivity contribution in [2.45, 2.75) is 19.4 Å². The zero-order chi connectivity index (χ0) is 20.4. The van der Waals surface area contributed by atoms with Gasteiger partial charge in [-0.15, -0.1) is 0 Å². The second-order valence-electron chi connectivity index (χ2n) is 7.20. The van der Waals surface area contributed by atoms with Crippen LogP contribution in [0.25, 0.3) is 0 Å². The number of rotatable bonds is 4. The molecule has 4 rings (SSSR count). The zero-order valence-corrected chi connectivity index (χ0v) is 17.4. The largest absolute Gasteiger partial charge is 0.495 e. The number of hydrogen-bond acceptors (Lipinski definition) is 6. The summed E-state index contributed by atoms with van der Waals surface area (Å²) in [6.07, 6.45) is 4.95. The predicted octanol–water partition coefficient (Wildman–Crippen LogP) is 2.87. The average Bonchev–Trinajstić information content (AvgIpc) is 3.16. The molecule has 1 aromatic rings. The first-order chi connectivity index (χ1) is 14.1. The number of carbonyl (C=O) groups is 1. The normalized spacial score (nSPS) is 20.9. The number of fused-ring (bicyclic) bond motifs is 1. The molecule has 1 N–H and O–H groups in total. The molecule has 3 aliphatic rings. The molecule has 0 saturated carbocycles. The van der Waals surface area contributed by atoms with Crippen molar-refractivity contribution in [3.63, 3.8) is 0 Å². The number of benzene rings is 1. The van der Waals surface area contributed by atoms with Crippen molar-refractivity contribution in [3.05, 3.63) is 35.1 Å². The Balaban J connectivity index is 1.33. The van der Waals surface area contributed by atoms with Crippen molar-refractivity contribution in [1.29, 1.82) is 0 Å². The number of anilines is 1. The Labute approximate surface area is 175 Å². The molecule has 0 spiro atoms. The van der Waals surface area contributed by atoms with Crippen LogP contribution in [0.1, 0.15) is 13.3 Å². The molecule has 29 heavy (non-hydrogen) atoms. The second-order valence-corrected chi connectivity index (χ2v) is 7.61. The van der Waals surface area contributed by atoms with Gasteiger partial charge in [0.1, 0.15) is 17.4 Å². The Morgan fingerprint density at radius 2 is 2.10 bits per heavy atom. The third-order valence-corrected chi connectivity index (χ3v) is 5.66. The minimum absolute atomic E-state index is 0.135. The molecule has 9 heteroatoms. The monoisotopic (exact) mass is 416 g/mol. The van der Waals surface area contributed by atoms with Crippen LogP contribution in [0.15, 0.2) is 40.1 Å². The minimum Gasteiger partial charge on any atom is -0.495 e. The lowest BCUT2D eigenvalue weighted by molar-refractivity contribution is 0.167. The van der Waals surface area contributed by atoms with Gasteiger partial charge in [0.25, 0.3) is 0 Å². The second kappa shape index (κ2) is 8.32. The van der Waals surface area contributed by atoms with E-state index in [4.69, 9.17) is 21.3 Å². The molecule has 154 valence electrons. The molecule has 0 unspecified atom stereocenters.